The van der Waals surface area contributed by atoms with Crippen LogP contribution < -0.4 is 15.4 Å². The highest BCUT2D eigenvalue weighted by Gasteiger charge is 2.35. The zero-order chi connectivity index (χ0) is 19.7. The van der Waals surface area contributed by atoms with Crippen LogP contribution in [0.3, 0.4) is 0 Å². The standard InChI is InChI=1S/C20H20ClN5O2/c1-20(11-27)10-24-18-14(20)7-12(9-23-18)16-5-6-22-19(25-16)26-17-8-13(28-2)3-4-15(17)21/h3-9,27H,10-11H2,1-2H3,(H,23,24)(H,22,25,26). The average Bonchev–Trinajstić information content (AvgIpc) is 3.07. The van der Waals surface area contributed by atoms with Crippen molar-refractivity contribution < 1.29 is 9.84 Å². The van der Waals surface area contributed by atoms with Crippen LogP contribution in [-0.4, -0.2) is 40.3 Å². The Kier molecular flexibility index (Phi) is 4.78. The molecule has 3 heterocycles. The molecule has 4 rings (SSSR count). The largest absolute Gasteiger partial charge is 0.497 e. The number of pyridine rings is 1. The van der Waals surface area contributed by atoms with Gasteiger partial charge >= 0.3 is 0 Å². The van der Waals surface area contributed by atoms with Crippen molar-refractivity contribution in [2.75, 3.05) is 30.9 Å². The second kappa shape index (κ2) is 7.26. The van der Waals surface area contributed by atoms with Gasteiger partial charge in [0.05, 0.1) is 30.1 Å². The Morgan fingerprint density at radius 2 is 2.14 bits per heavy atom. The number of hydrogen-bond donors (Lipinski definition) is 3. The fraction of sp³-hybridized carbons (Fsp3) is 0.250. The smallest absolute Gasteiger partial charge is 0.227 e. The number of methoxy groups -OCH3 is 1. The predicted octanol–water partition coefficient (Wildman–Crippen LogP) is 3.62. The number of fused-ring (bicyclic) bond motifs is 1. The molecule has 8 heteroatoms. The Morgan fingerprint density at radius 3 is 2.93 bits per heavy atom. The lowest BCUT2D eigenvalue weighted by Gasteiger charge is -2.20. The van der Waals surface area contributed by atoms with Crippen molar-refractivity contribution in [3.8, 4) is 17.0 Å². The summed E-state index contributed by atoms with van der Waals surface area (Å²) in [5.41, 5.74) is 2.85. The van der Waals surface area contributed by atoms with Crippen LogP contribution in [0.1, 0.15) is 12.5 Å². The first-order valence-corrected chi connectivity index (χ1v) is 9.19. The Labute approximate surface area is 167 Å². The highest BCUT2D eigenvalue weighted by atomic mass is 35.5. The SMILES string of the molecule is COc1ccc(Cl)c(Nc2nccc(-c3cnc4c(c3)C(C)(CO)CN4)n2)c1. The Balaban J connectivity index is 1.66. The third-order valence-corrected chi connectivity index (χ3v) is 5.23. The highest BCUT2D eigenvalue weighted by Crippen LogP contribution is 2.37. The van der Waals surface area contributed by atoms with Crippen molar-refractivity contribution in [3.63, 3.8) is 0 Å². The van der Waals surface area contributed by atoms with Crippen LogP contribution in [0.15, 0.2) is 42.7 Å². The zero-order valence-corrected chi connectivity index (χ0v) is 16.3. The van der Waals surface area contributed by atoms with E-state index in [-0.39, 0.29) is 12.0 Å². The topological polar surface area (TPSA) is 92.2 Å². The fourth-order valence-electron chi connectivity index (χ4n) is 3.15. The number of anilines is 3. The maximum atomic E-state index is 9.78. The van der Waals surface area contributed by atoms with Crippen LogP contribution in [0.5, 0.6) is 5.75 Å². The number of nitrogens with one attached hydrogen (secondary N) is 2. The van der Waals surface area contributed by atoms with Crippen molar-refractivity contribution in [2.24, 2.45) is 0 Å². The minimum Gasteiger partial charge on any atom is -0.497 e. The Bertz CT molecular complexity index is 1030. The van der Waals surface area contributed by atoms with Gasteiger partial charge in [0.25, 0.3) is 0 Å². The van der Waals surface area contributed by atoms with Crippen LogP contribution in [0.2, 0.25) is 5.02 Å². The molecule has 28 heavy (non-hydrogen) atoms. The van der Waals surface area contributed by atoms with E-state index in [0.29, 0.717) is 29.0 Å². The molecule has 1 aliphatic heterocycles. The molecule has 0 bridgehead atoms. The van der Waals surface area contributed by atoms with Gasteiger partial charge in [-0.05, 0) is 24.3 Å². The van der Waals surface area contributed by atoms with Crippen molar-refractivity contribution in [1.82, 2.24) is 15.0 Å². The van der Waals surface area contributed by atoms with Gasteiger partial charge in [-0.15, -0.1) is 0 Å². The summed E-state index contributed by atoms with van der Waals surface area (Å²) < 4.78 is 5.24. The summed E-state index contributed by atoms with van der Waals surface area (Å²) >= 11 is 6.26. The van der Waals surface area contributed by atoms with Gasteiger partial charge in [-0.2, -0.15) is 0 Å². The number of hydrogen-bond acceptors (Lipinski definition) is 7. The summed E-state index contributed by atoms with van der Waals surface area (Å²) in [5, 5.41) is 16.7. The predicted molar refractivity (Wildman–Crippen MR) is 109 cm³/mol. The lowest BCUT2D eigenvalue weighted by molar-refractivity contribution is 0.218. The van der Waals surface area contributed by atoms with E-state index in [1.54, 1.807) is 37.7 Å². The summed E-state index contributed by atoms with van der Waals surface area (Å²) in [5.74, 6) is 1.90. The van der Waals surface area contributed by atoms with Crippen LogP contribution in [0.4, 0.5) is 17.5 Å². The number of nitrogens with zero attached hydrogens (tertiary/aromatic N) is 3. The number of rotatable bonds is 5. The molecule has 0 radical (unpaired) electrons. The molecule has 1 atom stereocenters. The summed E-state index contributed by atoms with van der Waals surface area (Å²) in [7, 11) is 1.60. The lowest BCUT2D eigenvalue weighted by Crippen LogP contribution is -2.28. The summed E-state index contributed by atoms with van der Waals surface area (Å²) in [4.78, 5) is 13.4. The van der Waals surface area contributed by atoms with E-state index in [0.717, 1.165) is 22.6 Å². The zero-order valence-electron chi connectivity index (χ0n) is 15.5. The van der Waals surface area contributed by atoms with Gasteiger partial charge in [0.2, 0.25) is 5.95 Å². The molecule has 0 spiro atoms. The number of aliphatic hydroxyl groups is 1. The molecule has 2 aromatic heterocycles. The molecule has 7 nitrogen and oxygen atoms in total. The first-order chi connectivity index (χ1) is 13.5. The second-order valence-corrected chi connectivity index (χ2v) is 7.34. The van der Waals surface area contributed by atoms with Gasteiger partial charge in [0, 0.05) is 41.5 Å². The third-order valence-electron chi connectivity index (χ3n) is 4.90. The number of aromatic nitrogens is 3. The van der Waals surface area contributed by atoms with Crippen molar-refractivity contribution in [2.45, 2.75) is 12.3 Å². The van der Waals surface area contributed by atoms with Gasteiger partial charge in [-0.3, -0.25) is 0 Å². The molecule has 1 unspecified atom stereocenters. The minimum atomic E-state index is -0.361. The second-order valence-electron chi connectivity index (χ2n) is 6.93. The molecule has 3 aromatic rings. The lowest BCUT2D eigenvalue weighted by atomic mass is 9.85. The van der Waals surface area contributed by atoms with Crippen LogP contribution in [-0.2, 0) is 5.41 Å². The molecular formula is C20H20ClN5O2. The summed E-state index contributed by atoms with van der Waals surface area (Å²) in [6.07, 6.45) is 3.44. The summed E-state index contributed by atoms with van der Waals surface area (Å²) in [6, 6.07) is 9.16. The van der Waals surface area contributed by atoms with E-state index in [2.05, 4.69) is 25.6 Å². The maximum Gasteiger partial charge on any atom is 0.227 e. The van der Waals surface area contributed by atoms with E-state index < -0.39 is 0 Å². The van der Waals surface area contributed by atoms with E-state index in [1.165, 1.54) is 0 Å². The number of aliphatic hydroxyl groups excluding tert-OH is 1. The van der Waals surface area contributed by atoms with E-state index in [4.69, 9.17) is 16.3 Å². The maximum absolute atomic E-state index is 9.78. The normalized spacial score (nSPS) is 17.7. The average molecular weight is 398 g/mol. The van der Waals surface area contributed by atoms with Gasteiger partial charge in [0.15, 0.2) is 0 Å². The van der Waals surface area contributed by atoms with E-state index >= 15 is 0 Å². The number of halogens is 1. The molecule has 3 N–H and O–H groups in total. The van der Waals surface area contributed by atoms with Crippen molar-refractivity contribution in [1.29, 1.82) is 0 Å². The Morgan fingerprint density at radius 1 is 1.29 bits per heavy atom. The van der Waals surface area contributed by atoms with Crippen LogP contribution in [0.25, 0.3) is 11.3 Å². The van der Waals surface area contributed by atoms with Gasteiger partial charge in [-0.25, -0.2) is 15.0 Å². The van der Waals surface area contributed by atoms with Gasteiger partial charge in [0.1, 0.15) is 11.6 Å². The molecule has 0 saturated carbocycles. The monoisotopic (exact) mass is 397 g/mol. The quantitative estimate of drug-likeness (QED) is 0.605. The fourth-order valence-corrected chi connectivity index (χ4v) is 3.31. The summed E-state index contributed by atoms with van der Waals surface area (Å²) in [6.45, 7) is 2.71. The molecule has 1 aliphatic rings. The molecule has 1 aromatic carbocycles. The highest BCUT2D eigenvalue weighted by molar-refractivity contribution is 6.33. The molecule has 0 amide bonds. The number of benzene rings is 1. The van der Waals surface area contributed by atoms with Crippen LogP contribution in [0, 0.1) is 0 Å². The Hall–Kier alpha value is -2.90. The van der Waals surface area contributed by atoms with Gasteiger partial charge < -0.3 is 20.5 Å². The molecule has 0 aliphatic carbocycles. The first-order valence-electron chi connectivity index (χ1n) is 8.82. The molecule has 0 fully saturated rings. The first kappa shape index (κ1) is 18.5. The van der Waals surface area contributed by atoms with Gasteiger partial charge in [-0.1, -0.05) is 18.5 Å². The number of ether oxygens (including phenoxy) is 1. The van der Waals surface area contributed by atoms with Crippen molar-refractivity contribution >= 4 is 29.1 Å². The van der Waals surface area contributed by atoms with E-state index in [1.807, 2.05) is 19.1 Å². The minimum absolute atomic E-state index is 0.0447. The third kappa shape index (κ3) is 3.34. The van der Waals surface area contributed by atoms with Crippen LogP contribution >= 0.6 is 11.6 Å². The molecular weight excluding hydrogens is 378 g/mol. The molecule has 144 valence electrons. The molecule has 0 saturated heterocycles. The van der Waals surface area contributed by atoms with E-state index in [9.17, 15) is 5.11 Å². The van der Waals surface area contributed by atoms with Crippen molar-refractivity contribution in [3.05, 3.63) is 53.3 Å².